The van der Waals surface area contributed by atoms with Gasteiger partial charge in [0.25, 0.3) is 15.9 Å². The fraction of sp³-hybridized carbons (Fsp3) is 0.375. The Morgan fingerprint density at radius 2 is 1.86 bits per heavy atom. The monoisotopic (exact) mass is 629 g/mol. The molecule has 0 radical (unpaired) electrons. The van der Waals surface area contributed by atoms with Crippen LogP contribution in [0, 0.1) is 0 Å². The van der Waals surface area contributed by atoms with Crippen LogP contribution >= 0.6 is 22.6 Å². The molecule has 3 aromatic rings. The molecule has 0 bridgehead atoms. The van der Waals surface area contributed by atoms with E-state index in [2.05, 4.69) is 37.3 Å². The maximum atomic E-state index is 13.3. The van der Waals surface area contributed by atoms with Crippen molar-refractivity contribution in [3.8, 4) is 0 Å². The van der Waals surface area contributed by atoms with Crippen molar-refractivity contribution in [2.45, 2.75) is 46.8 Å². The van der Waals surface area contributed by atoms with E-state index in [-0.39, 0.29) is 37.7 Å². The highest BCUT2D eigenvalue weighted by Crippen LogP contribution is 2.39. The first-order valence-electron chi connectivity index (χ1n) is 11.4. The molecule has 1 aliphatic rings. The van der Waals surface area contributed by atoms with Crippen molar-refractivity contribution in [2.24, 2.45) is 0 Å². The molecule has 0 aliphatic carbocycles. The summed E-state index contributed by atoms with van der Waals surface area (Å²) in [5, 5.41) is 0. The zero-order chi connectivity index (χ0) is 26.1. The fourth-order valence-electron chi connectivity index (χ4n) is 4.12. The van der Waals surface area contributed by atoms with Crippen LogP contribution in [-0.4, -0.2) is 51.6 Å². The van der Waals surface area contributed by atoms with E-state index in [1.165, 1.54) is 24.4 Å². The van der Waals surface area contributed by atoms with Crippen LogP contribution in [0.1, 0.15) is 43.0 Å². The number of nitrogen functional groups attached to an aromatic ring is 1. The SMILES string of the molecule is CC(F)(F)CCC1(I)CCN(C(=O)c2ccc(NS(=O)(=O)c3cccc4nc(N)cnc34)cc2)CC1. The van der Waals surface area contributed by atoms with Gasteiger partial charge in [-0.3, -0.25) is 9.52 Å². The Labute approximate surface area is 221 Å². The second-order valence-electron chi connectivity index (χ2n) is 9.11. The third-order valence-electron chi connectivity index (χ3n) is 6.19. The van der Waals surface area contributed by atoms with E-state index in [9.17, 15) is 22.0 Å². The summed E-state index contributed by atoms with van der Waals surface area (Å²) in [5.41, 5.74) is 6.91. The summed E-state index contributed by atoms with van der Waals surface area (Å²) in [5.74, 6) is -2.68. The van der Waals surface area contributed by atoms with Crippen LogP contribution in [0.25, 0.3) is 11.0 Å². The highest BCUT2D eigenvalue weighted by Gasteiger charge is 2.36. The molecule has 0 atom stereocenters. The predicted octanol–water partition coefficient (Wildman–Crippen LogP) is 4.86. The smallest absolute Gasteiger partial charge is 0.264 e. The highest BCUT2D eigenvalue weighted by molar-refractivity contribution is 14.1. The number of aromatic nitrogens is 2. The number of nitrogens with zero attached hydrogens (tertiary/aromatic N) is 3. The van der Waals surface area contributed by atoms with Gasteiger partial charge in [-0.25, -0.2) is 27.2 Å². The number of benzene rings is 2. The number of likely N-dealkylation sites (tertiary alicyclic amines) is 1. The van der Waals surface area contributed by atoms with Crippen LogP contribution in [0.15, 0.2) is 53.6 Å². The number of anilines is 2. The topological polar surface area (TPSA) is 118 Å². The number of fused-ring (bicyclic) bond motifs is 1. The summed E-state index contributed by atoms with van der Waals surface area (Å²) in [7, 11) is -3.98. The van der Waals surface area contributed by atoms with Gasteiger partial charge in [-0.15, -0.1) is 0 Å². The standard InChI is InChI=1S/C24H26F2IN5O3S/c1-23(25,26)9-10-24(27)11-13-32(14-12-24)22(33)16-5-7-17(8-6-16)31-36(34,35)19-4-2-3-18-21(19)29-15-20(28)30-18/h2-8,15,31H,9-14H2,1H3,(H2,28,30). The lowest BCUT2D eigenvalue weighted by atomic mass is 9.90. The molecular formula is C24H26F2IN5O3S. The lowest BCUT2D eigenvalue weighted by Crippen LogP contribution is -2.44. The number of halogens is 3. The Morgan fingerprint density at radius 3 is 2.50 bits per heavy atom. The molecule has 192 valence electrons. The largest absolute Gasteiger partial charge is 0.382 e. The lowest BCUT2D eigenvalue weighted by Gasteiger charge is -2.38. The second kappa shape index (κ2) is 10.0. The molecule has 12 heteroatoms. The third kappa shape index (κ3) is 6.20. The van der Waals surface area contributed by atoms with E-state index in [1.807, 2.05) is 0 Å². The first-order valence-corrected chi connectivity index (χ1v) is 13.9. The number of sulfonamides is 1. The molecule has 1 aromatic heterocycles. The summed E-state index contributed by atoms with van der Waals surface area (Å²) in [4.78, 5) is 22.9. The molecule has 36 heavy (non-hydrogen) atoms. The molecule has 0 spiro atoms. The van der Waals surface area contributed by atoms with Crippen LogP contribution in [0.5, 0.6) is 0 Å². The van der Waals surface area contributed by atoms with E-state index in [1.54, 1.807) is 29.2 Å². The Bertz CT molecular complexity index is 1370. The molecule has 1 saturated heterocycles. The predicted molar refractivity (Wildman–Crippen MR) is 143 cm³/mol. The number of hydrogen-bond acceptors (Lipinski definition) is 6. The Morgan fingerprint density at radius 1 is 1.19 bits per heavy atom. The number of alkyl halides is 3. The highest BCUT2D eigenvalue weighted by atomic mass is 127. The van der Waals surface area contributed by atoms with Gasteiger partial charge in [-0.1, -0.05) is 28.7 Å². The molecule has 2 aromatic carbocycles. The van der Waals surface area contributed by atoms with Crippen LogP contribution in [0.2, 0.25) is 0 Å². The maximum absolute atomic E-state index is 13.3. The quantitative estimate of drug-likeness (QED) is 0.285. The van der Waals surface area contributed by atoms with E-state index in [4.69, 9.17) is 5.73 Å². The van der Waals surface area contributed by atoms with Crippen molar-refractivity contribution in [2.75, 3.05) is 23.5 Å². The Balaban J connectivity index is 1.42. The average Bonchev–Trinajstić information content (AvgIpc) is 2.82. The number of rotatable bonds is 7. The number of amides is 1. The fourth-order valence-corrected chi connectivity index (χ4v) is 6.10. The summed E-state index contributed by atoms with van der Waals surface area (Å²) in [6.45, 7) is 1.90. The number of carbonyl (C=O) groups is 1. The number of carbonyl (C=O) groups excluding carboxylic acids is 1. The van der Waals surface area contributed by atoms with Gasteiger partial charge in [0.2, 0.25) is 5.92 Å². The molecular weight excluding hydrogens is 603 g/mol. The lowest BCUT2D eigenvalue weighted by molar-refractivity contribution is 0.00653. The summed E-state index contributed by atoms with van der Waals surface area (Å²) >= 11 is 2.26. The summed E-state index contributed by atoms with van der Waals surface area (Å²) in [6, 6.07) is 10.8. The zero-order valence-corrected chi connectivity index (χ0v) is 22.5. The van der Waals surface area contributed by atoms with E-state index in [0.29, 0.717) is 43.4 Å². The first kappa shape index (κ1) is 26.5. The Kier molecular flexibility index (Phi) is 7.37. The molecule has 0 saturated carbocycles. The van der Waals surface area contributed by atoms with Crippen LogP contribution in [0.4, 0.5) is 20.3 Å². The minimum absolute atomic E-state index is 0.0379. The number of hydrogen-bond donors (Lipinski definition) is 2. The van der Waals surface area contributed by atoms with Gasteiger partial charge in [0.15, 0.2) is 0 Å². The van der Waals surface area contributed by atoms with Crippen LogP contribution in [-0.2, 0) is 10.0 Å². The molecule has 1 amide bonds. The number of piperidine rings is 1. The zero-order valence-electron chi connectivity index (χ0n) is 19.5. The van der Waals surface area contributed by atoms with Crippen LogP contribution < -0.4 is 10.5 Å². The molecule has 8 nitrogen and oxygen atoms in total. The normalized spacial score (nSPS) is 16.2. The first-order chi connectivity index (χ1) is 16.9. The van der Waals surface area contributed by atoms with Gasteiger partial charge in [-0.2, -0.15) is 0 Å². The van der Waals surface area contributed by atoms with E-state index < -0.39 is 15.9 Å². The average molecular weight is 629 g/mol. The summed E-state index contributed by atoms with van der Waals surface area (Å²) < 4.78 is 54.8. The van der Waals surface area contributed by atoms with Gasteiger partial charge >= 0.3 is 0 Å². The van der Waals surface area contributed by atoms with Gasteiger partial charge in [0.1, 0.15) is 16.2 Å². The van der Waals surface area contributed by atoms with E-state index in [0.717, 1.165) is 6.92 Å². The molecule has 1 aliphatic heterocycles. The van der Waals surface area contributed by atoms with Crippen molar-refractivity contribution in [1.29, 1.82) is 0 Å². The minimum atomic E-state index is -3.98. The van der Waals surface area contributed by atoms with Crippen molar-refractivity contribution < 1.29 is 22.0 Å². The van der Waals surface area contributed by atoms with Crippen molar-refractivity contribution in [3.05, 3.63) is 54.2 Å². The second-order valence-corrected chi connectivity index (χ2v) is 13.1. The third-order valence-corrected chi connectivity index (χ3v) is 9.22. The maximum Gasteiger partial charge on any atom is 0.264 e. The molecule has 0 unspecified atom stereocenters. The molecule has 3 N–H and O–H groups in total. The van der Waals surface area contributed by atoms with Gasteiger partial charge in [0, 0.05) is 34.2 Å². The van der Waals surface area contributed by atoms with Crippen LogP contribution in [0.3, 0.4) is 0 Å². The minimum Gasteiger partial charge on any atom is -0.382 e. The molecule has 2 heterocycles. The number of nitrogens with two attached hydrogens (primary N) is 1. The van der Waals surface area contributed by atoms with E-state index >= 15 is 0 Å². The molecule has 4 rings (SSSR count). The Hall–Kier alpha value is -2.61. The van der Waals surface area contributed by atoms with Crippen molar-refractivity contribution in [1.82, 2.24) is 14.9 Å². The molecule has 1 fully saturated rings. The number of para-hydroxylation sites is 1. The van der Waals surface area contributed by atoms with Crippen molar-refractivity contribution >= 4 is 61.1 Å². The van der Waals surface area contributed by atoms with Gasteiger partial charge < -0.3 is 10.6 Å². The summed E-state index contributed by atoms with van der Waals surface area (Å²) in [6.07, 6.45) is 2.83. The van der Waals surface area contributed by atoms with Gasteiger partial charge in [0.05, 0.1) is 11.7 Å². The number of nitrogens with one attached hydrogen (secondary N) is 1. The van der Waals surface area contributed by atoms with Crippen molar-refractivity contribution in [3.63, 3.8) is 0 Å². The van der Waals surface area contributed by atoms with Gasteiger partial charge in [-0.05, 0) is 62.6 Å².